The predicted octanol–water partition coefficient (Wildman–Crippen LogP) is 5.18. The number of hydrogen-bond donors (Lipinski definition) is 1. The highest BCUT2D eigenvalue weighted by Crippen LogP contribution is 2.25. The molecule has 37 heavy (non-hydrogen) atoms. The largest absolute Gasteiger partial charge is 0.385 e. The van der Waals surface area contributed by atoms with Crippen molar-refractivity contribution in [2.75, 3.05) is 26.8 Å². The van der Waals surface area contributed by atoms with Crippen molar-refractivity contribution in [3.05, 3.63) is 59.7 Å². The number of urea groups is 1. The van der Waals surface area contributed by atoms with Gasteiger partial charge in [0, 0.05) is 50.3 Å². The summed E-state index contributed by atoms with van der Waals surface area (Å²) < 4.78 is 20.7. The van der Waals surface area contributed by atoms with Crippen LogP contribution in [0.15, 0.2) is 42.6 Å². The minimum absolute atomic E-state index is 0.0286. The molecule has 0 atom stereocenters. The van der Waals surface area contributed by atoms with Crippen molar-refractivity contribution in [1.29, 1.82) is 0 Å². The van der Waals surface area contributed by atoms with Crippen LogP contribution >= 0.6 is 0 Å². The second-order valence-corrected chi connectivity index (χ2v) is 11.0. The van der Waals surface area contributed by atoms with E-state index in [-0.39, 0.29) is 30.3 Å². The number of carbonyl (C=O) groups is 2. The second kappa shape index (κ2) is 13.6. The molecule has 0 spiro atoms. The Labute approximate surface area is 221 Å². The number of ether oxygens (including phenoxy) is 1. The van der Waals surface area contributed by atoms with E-state index in [1.807, 2.05) is 44.0 Å². The Morgan fingerprint density at radius 1 is 1.11 bits per heavy atom. The van der Waals surface area contributed by atoms with Gasteiger partial charge in [0.2, 0.25) is 5.91 Å². The minimum Gasteiger partial charge on any atom is -0.385 e. The van der Waals surface area contributed by atoms with E-state index >= 15 is 0 Å². The van der Waals surface area contributed by atoms with E-state index in [0.717, 1.165) is 36.9 Å². The van der Waals surface area contributed by atoms with Crippen LogP contribution in [0.25, 0.3) is 0 Å². The molecule has 1 aromatic heterocycles. The predicted molar refractivity (Wildman–Crippen MR) is 144 cm³/mol. The summed E-state index contributed by atoms with van der Waals surface area (Å²) in [6, 6.07) is 10.5. The first-order valence-electron chi connectivity index (χ1n) is 13.4. The molecule has 1 aliphatic rings. The number of nitrogens with zero attached hydrogens (tertiary/aromatic N) is 3. The lowest BCUT2D eigenvalue weighted by Crippen LogP contribution is -2.53. The number of methoxy groups -OCH3 is 1. The number of carbonyl (C=O) groups excluding carboxylic acids is 2. The van der Waals surface area contributed by atoms with Gasteiger partial charge in [-0.1, -0.05) is 31.4 Å². The van der Waals surface area contributed by atoms with E-state index in [9.17, 15) is 14.0 Å². The van der Waals surface area contributed by atoms with Crippen molar-refractivity contribution >= 4 is 11.9 Å². The lowest BCUT2D eigenvalue weighted by molar-refractivity contribution is -0.135. The highest BCUT2D eigenvalue weighted by atomic mass is 19.1. The molecule has 1 fully saturated rings. The van der Waals surface area contributed by atoms with Crippen LogP contribution in [-0.4, -0.2) is 64.7 Å². The van der Waals surface area contributed by atoms with Gasteiger partial charge in [-0.05, 0) is 69.9 Å². The maximum absolute atomic E-state index is 13.8. The van der Waals surface area contributed by atoms with Crippen molar-refractivity contribution in [3.63, 3.8) is 0 Å². The van der Waals surface area contributed by atoms with Gasteiger partial charge in [-0.2, -0.15) is 0 Å². The van der Waals surface area contributed by atoms with E-state index < -0.39 is 5.54 Å². The van der Waals surface area contributed by atoms with Crippen LogP contribution in [0.5, 0.6) is 0 Å². The van der Waals surface area contributed by atoms with Crippen LogP contribution in [0.3, 0.4) is 0 Å². The molecule has 8 heteroatoms. The molecule has 0 unspecified atom stereocenters. The smallest absolute Gasteiger partial charge is 0.318 e. The van der Waals surface area contributed by atoms with E-state index in [4.69, 9.17) is 4.74 Å². The summed E-state index contributed by atoms with van der Waals surface area (Å²) in [6.07, 6.45) is 8.00. The summed E-state index contributed by atoms with van der Waals surface area (Å²) in [4.78, 5) is 30.5. The Morgan fingerprint density at radius 2 is 1.81 bits per heavy atom. The zero-order valence-corrected chi connectivity index (χ0v) is 22.8. The van der Waals surface area contributed by atoms with Crippen molar-refractivity contribution < 1.29 is 18.7 Å². The van der Waals surface area contributed by atoms with Gasteiger partial charge in [-0.15, -0.1) is 0 Å². The molecule has 0 bridgehead atoms. The fourth-order valence-electron chi connectivity index (χ4n) is 4.83. The third-order valence-corrected chi connectivity index (χ3v) is 6.73. The van der Waals surface area contributed by atoms with Crippen molar-refractivity contribution in [1.82, 2.24) is 19.7 Å². The highest BCUT2D eigenvalue weighted by Gasteiger charge is 2.29. The van der Waals surface area contributed by atoms with Gasteiger partial charge in [-0.3, -0.25) is 4.79 Å². The normalized spacial score (nSPS) is 14.4. The Kier molecular flexibility index (Phi) is 10.6. The number of rotatable bonds is 11. The summed E-state index contributed by atoms with van der Waals surface area (Å²) in [5, 5.41) is 3.00. The molecule has 7 nitrogen and oxygen atoms in total. The average Bonchev–Trinajstić information content (AvgIpc) is 3.29. The molecule has 1 N–H and O–H groups in total. The molecule has 1 heterocycles. The Bertz CT molecular complexity index is 993. The first-order valence-corrected chi connectivity index (χ1v) is 13.4. The van der Waals surface area contributed by atoms with Gasteiger partial charge < -0.3 is 24.4 Å². The molecule has 1 saturated carbocycles. The average molecular weight is 515 g/mol. The minimum atomic E-state index is -0.399. The fraction of sp³-hybridized carbons (Fsp3) is 0.586. The van der Waals surface area contributed by atoms with Crippen LogP contribution in [0.4, 0.5) is 9.18 Å². The van der Waals surface area contributed by atoms with E-state index in [1.165, 1.54) is 18.6 Å². The zero-order valence-electron chi connectivity index (χ0n) is 22.8. The van der Waals surface area contributed by atoms with Crippen molar-refractivity contribution in [3.8, 4) is 0 Å². The van der Waals surface area contributed by atoms with Crippen LogP contribution in [0, 0.1) is 5.82 Å². The van der Waals surface area contributed by atoms with E-state index in [1.54, 1.807) is 24.1 Å². The van der Waals surface area contributed by atoms with Crippen molar-refractivity contribution in [2.45, 2.75) is 84.0 Å². The molecule has 3 amide bonds. The number of halogens is 1. The van der Waals surface area contributed by atoms with Gasteiger partial charge in [0.05, 0.1) is 6.54 Å². The molecule has 0 aliphatic heterocycles. The number of nitrogens with one attached hydrogen (secondary N) is 1. The van der Waals surface area contributed by atoms with E-state index in [2.05, 4.69) is 9.88 Å². The number of aromatic nitrogens is 1. The second-order valence-electron chi connectivity index (χ2n) is 11.0. The summed E-state index contributed by atoms with van der Waals surface area (Å²) in [6.45, 7) is 7.88. The summed E-state index contributed by atoms with van der Waals surface area (Å²) >= 11 is 0. The zero-order chi connectivity index (χ0) is 26.8. The van der Waals surface area contributed by atoms with Crippen LogP contribution in [0.1, 0.15) is 70.6 Å². The number of benzene rings is 1. The molecule has 2 aromatic rings. The number of amides is 3. The van der Waals surface area contributed by atoms with Gasteiger partial charge in [0.15, 0.2) is 0 Å². The number of hydrogen-bond acceptors (Lipinski definition) is 3. The Balaban J connectivity index is 1.78. The van der Waals surface area contributed by atoms with Gasteiger partial charge in [0.25, 0.3) is 0 Å². The summed E-state index contributed by atoms with van der Waals surface area (Å²) in [5.74, 6) is -0.293. The molecule has 204 valence electrons. The molecule has 1 aliphatic carbocycles. The molecule has 1 aromatic carbocycles. The first-order chi connectivity index (χ1) is 17.7. The van der Waals surface area contributed by atoms with Crippen LogP contribution in [0.2, 0.25) is 0 Å². The first kappa shape index (κ1) is 28.7. The summed E-state index contributed by atoms with van der Waals surface area (Å²) in [7, 11) is 1.64. The maximum atomic E-state index is 13.8. The lowest BCUT2D eigenvalue weighted by atomic mass is 9.94. The third kappa shape index (κ3) is 9.18. The SMILES string of the molecule is COCCCN(CC(=O)N(Cc1cccn1Cc1ccc(F)cc1)C1CCCCC1)C(=O)NC(C)(C)C. The topological polar surface area (TPSA) is 66.8 Å². The maximum Gasteiger partial charge on any atom is 0.318 e. The summed E-state index contributed by atoms with van der Waals surface area (Å²) in [5.41, 5.74) is 1.62. The van der Waals surface area contributed by atoms with Crippen LogP contribution < -0.4 is 5.32 Å². The van der Waals surface area contributed by atoms with Crippen molar-refractivity contribution in [2.24, 2.45) is 0 Å². The van der Waals surface area contributed by atoms with Gasteiger partial charge in [-0.25, -0.2) is 9.18 Å². The van der Waals surface area contributed by atoms with Gasteiger partial charge in [0.1, 0.15) is 12.4 Å². The molecular weight excluding hydrogens is 471 g/mol. The van der Waals surface area contributed by atoms with Crippen LogP contribution in [-0.2, 0) is 22.6 Å². The highest BCUT2D eigenvalue weighted by molar-refractivity contribution is 5.84. The molecular formula is C29H43FN4O3. The lowest BCUT2D eigenvalue weighted by Gasteiger charge is -2.36. The van der Waals surface area contributed by atoms with E-state index in [0.29, 0.717) is 32.7 Å². The Hall–Kier alpha value is -2.87. The monoisotopic (exact) mass is 514 g/mol. The Morgan fingerprint density at radius 3 is 2.46 bits per heavy atom. The standard InChI is InChI=1S/C29H43FN4O3/c1-29(2,3)31-28(36)33(18-9-19-37-4)22-27(35)34(25-10-6-5-7-11-25)21-26-12-8-17-32(26)20-23-13-15-24(30)16-14-23/h8,12-17,25H,5-7,9-11,18-22H2,1-4H3,(H,31,36). The quantitative estimate of drug-likeness (QED) is 0.420. The molecule has 0 saturated heterocycles. The molecule has 0 radical (unpaired) electrons. The fourth-order valence-corrected chi connectivity index (χ4v) is 4.83. The van der Waals surface area contributed by atoms with Gasteiger partial charge >= 0.3 is 6.03 Å². The molecule has 3 rings (SSSR count). The third-order valence-electron chi connectivity index (χ3n) is 6.73.